The first-order chi connectivity index (χ1) is 7.63. The summed E-state index contributed by atoms with van der Waals surface area (Å²) in [6, 6.07) is 7.90. The fraction of sp³-hybridized carbons (Fsp3) is 0.462. The number of aliphatic carboxylic acids is 1. The molecule has 0 saturated heterocycles. The van der Waals surface area contributed by atoms with Gasteiger partial charge in [-0.05, 0) is 31.7 Å². The van der Waals surface area contributed by atoms with Crippen LogP contribution in [0, 0.1) is 12.8 Å². The second-order valence-corrected chi connectivity index (χ2v) is 4.09. The van der Waals surface area contributed by atoms with Crippen LogP contribution >= 0.6 is 0 Å². The van der Waals surface area contributed by atoms with Gasteiger partial charge in [-0.15, -0.1) is 0 Å². The molecule has 0 aromatic heterocycles. The maximum Gasteiger partial charge on any atom is 0.306 e. The third-order valence-corrected chi connectivity index (χ3v) is 2.66. The third-order valence-electron chi connectivity index (χ3n) is 2.66. The van der Waals surface area contributed by atoms with E-state index in [4.69, 9.17) is 10.2 Å². The van der Waals surface area contributed by atoms with Crippen LogP contribution in [-0.4, -0.2) is 22.8 Å². The summed E-state index contributed by atoms with van der Waals surface area (Å²) in [5, 5.41) is 17.7. The van der Waals surface area contributed by atoms with Gasteiger partial charge in [-0.3, -0.25) is 4.79 Å². The zero-order valence-electron chi connectivity index (χ0n) is 9.52. The average molecular weight is 222 g/mol. The number of hydrogen-bond acceptors (Lipinski definition) is 2. The van der Waals surface area contributed by atoms with E-state index in [0.29, 0.717) is 19.3 Å². The lowest BCUT2D eigenvalue weighted by molar-refractivity contribution is -0.142. The number of carbonyl (C=O) groups is 1. The predicted octanol–water partition coefficient (Wildman–Crippen LogP) is 2.01. The molecule has 0 fully saturated rings. The molecule has 16 heavy (non-hydrogen) atoms. The summed E-state index contributed by atoms with van der Waals surface area (Å²) < 4.78 is 0. The summed E-state index contributed by atoms with van der Waals surface area (Å²) in [5.41, 5.74) is 2.21. The number of carboxylic acids is 1. The smallest absolute Gasteiger partial charge is 0.306 e. The lowest BCUT2D eigenvalue weighted by Gasteiger charge is -2.11. The van der Waals surface area contributed by atoms with Gasteiger partial charge in [0.1, 0.15) is 0 Å². The van der Waals surface area contributed by atoms with Gasteiger partial charge in [0.05, 0.1) is 5.92 Å². The molecule has 0 amide bonds. The van der Waals surface area contributed by atoms with E-state index in [1.54, 1.807) is 0 Å². The predicted molar refractivity (Wildman–Crippen MR) is 62.3 cm³/mol. The van der Waals surface area contributed by atoms with Crippen molar-refractivity contribution in [1.82, 2.24) is 0 Å². The van der Waals surface area contributed by atoms with E-state index >= 15 is 0 Å². The minimum absolute atomic E-state index is 0.0533. The number of hydrogen-bond donors (Lipinski definition) is 2. The van der Waals surface area contributed by atoms with Crippen LogP contribution in [0.3, 0.4) is 0 Å². The molecule has 0 aliphatic heterocycles. The number of benzene rings is 1. The van der Waals surface area contributed by atoms with Crippen molar-refractivity contribution in [3.63, 3.8) is 0 Å². The molecular formula is C13H18O3. The first-order valence-electron chi connectivity index (χ1n) is 5.52. The Morgan fingerprint density at radius 1 is 1.31 bits per heavy atom. The Labute approximate surface area is 95.7 Å². The number of carboxylic acid groups (broad SMARTS) is 1. The zero-order chi connectivity index (χ0) is 12.0. The molecule has 0 spiro atoms. The van der Waals surface area contributed by atoms with Crippen LogP contribution in [0.25, 0.3) is 0 Å². The molecule has 0 radical (unpaired) electrons. The van der Waals surface area contributed by atoms with E-state index in [0.717, 1.165) is 5.56 Å². The highest BCUT2D eigenvalue weighted by Gasteiger charge is 2.17. The molecule has 3 heteroatoms. The molecule has 3 nitrogen and oxygen atoms in total. The van der Waals surface area contributed by atoms with Crippen molar-refractivity contribution in [3.05, 3.63) is 35.4 Å². The lowest BCUT2D eigenvalue weighted by Crippen LogP contribution is -2.16. The maximum absolute atomic E-state index is 11.0. The molecule has 0 bridgehead atoms. The maximum atomic E-state index is 11.0. The molecule has 88 valence electrons. The zero-order valence-corrected chi connectivity index (χ0v) is 9.52. The fourth-order valence-electron chi connectivity index (χ4n) is 1.66. The van der Waals surface area contributed by atoms with Gasteiger partial charge in [-0.2, -0.15) is 0 Å². The van der Waals surface area contributed by atoms with Gasteiger partial charge in [0.15, 0.2) is 0 Å². The highest BCUT2D eigenvalue weighted by molar-refractivity contribution is 5.70. The molecule has 1 aromatic rings. The number of rotatable bonds is 6. The molecule has 2 N–H and O–H groups in total. The van der Waals surface area contributed by atoms with Crippen molar-refractivity contribution in [2.24, 2.45) is 5.92 Å². The van der Waals surface area contributed by atoms with Crippen molar-refractivity contribution in [1.29, 1.82) is 0 Å². The first kappa shape index (κ1) is 12.7. The monoisotopic (exact) mass is 222 g/mol. The van der Waals surface area contributed by atoms with E-state index < -0.39 is 11.9 Å². The Balaban J connectivity index is 2.60. The SMILES string of the molecule is Cc1ccc(CC(CCCO)C(=O)O)cc1. The molecule has 0 heterocycles. The van der Waals surface area contributed by atoms with Crippen LogP contribution in [0.5, 0.6) is 0 Å². The quantitative estimate of drug-likeness (QED) is 0.774. The average Bonchev–Trinajstić information content (AvgIpc) is 2.26. The molecule has 1 aromatic carbocycles. The second kappa shape index (κ2) is 6.28. The molecule has 1 unspecified atom stereocenters. The summed E-state index contributed by atoms with van der Waals surface area (Å²) in [7, 11) is 0. The molecule has 0 aliphatic rings. The summed E-state index contributed by atoms with van der Waals surface area (Å²) in [5.74, 6) is -1.18. The Bertz CT molecular complexity index is 330. The van der Waals surface area contributed by atoms with Gasteiger partial charge in [0.2, 0.25) is 0 Å². The molecular weight excluding hydrogens is 204 g/mol. The Morgan fingerprint density at radius 2 is 1.94 bits per heavy atom. The molecule has 1 rings (SSSR count). The van der Waals surface area contributed by atoms with E-state index in [2.05, 4.69) is 0 Å². The summed E-state index contributed by atoms with van der Waals surface area (Å²) in [6.45, 7) is 2.06. The highest BCUT2D eigenvalue weighted by Crippen LogP contribution is 2.15. The number of aliphatic hydroxyl groups is 1. The van der Waals surface area contributed by atoms with Gasteiger partial charge in [0, 0.05) is 6.61 Å². The summed E-state index contributed by atoms with van der Waals surface area (Å²) in [6.07, 6.45) is 1.61. The van der Waals surface area contributed by atoms with Crippen LogP contribution in [-0.2, 0) is 11.2 Å². The largest absolute Gasteiger partial charge is 0.481 e. The number of aliphatic hydroxyl groups excluding tert-OH is 1. The van der Waals surface area contributed by atoms with Crippen LogP contribution in [0.4, 0.5) is 0 Å². The van der Waals surface area contributed by atoms with Crippen LogP contribution in [0.1, 0.15) is 24.0 Å². The third kappa shape index (κ3) is 4.03. The Hall–Kier alpha value is -1.35. The summed E-state index contributed by atoms with van der Waals surface area (Å²) in [4.78, 5) is 11.0. The number of aryl methyl sites for hydroxylation is 1. The van der Waals surface area contributed by atoms with Crippen LogP contribution in [0.2, 0.25) is 0 Å². The van der Waals surface area contributed by atoms with Gasteiger partial charge in [0.25, 0.3) is 0 Å². The standard InChI is InChI=1S/C13H18O3/c1-10-4-6-11(7-5-10)9-12(13(15)16)3-2-8-14/h4-7,12,14H,2-3,8-9H2,1H3,(H,15,16). The van der Waals surface area contributed by atoms with Crippen molar-refractivity contribution < 1.29 is 15.0 Å². The fourth-order valence-corrected chi connectivity index (χ4v) is 1.66. The van der Waals surface area contributed by atoms with Gasteiger partial charge >= 0.3 is 5.97 Å². The Kier molecular flexibility index (Phi) is 4.99. The van der Waals surface area contributed by atoms with Gasteiger partial charge in [-0.1, -0.05) is 29.8 Å². The first-order valence-corrected chi connectivity index (χ1v) is 5.52. The van der Waals surface area contributed by atoms with Crippen LogP contribution in [0.15, 0.2) is 24.3 Å². The molecule has 1 atom stereocenters. The second-order valence-electron chi connectivity index (χ2n) is 4.09. The van der Waals surface area contributed by atoms with Crippen LogP contribution < -0.4 is 0 Å². The van der Waals surface area contributed by atoms with Crippen molar-refractivity contribution in [2.75, 3.05) is 6.61 Å². The van der Waals surface area contributed by atoms with Crippen molar-refractivity contribution >= 4 is 5.97 Å². The summed E-state index contributed by atoms with van der Waals surface area (Å²) >= 11 is 0. The highest BCUT2D eigenvalue weighted by atomic mass is 16.4. The van der Waals surface area contributed by atoms with Gasteiger partial charge < -0.3 is 10.2 Å². The normalized spacial score (nSPS) is 12.4. The van der Waals surface area contributed by atoms with E-state index in [-0.39, 0.29) is 6.61 Å². The minimum atomic E-state index is -0.783. The van der Waals surface area contributed by atoms with E-state index in [9.17, 15) is 4.79 Å². The minimum Gasteiger partial charge on any atom is -0.481 e. The lowest BCUT2D eigenvalue weighted by atomic mass is 9.94. The van der Waals surface area contributed by atoms with Crippen molar-refractivity contribution in [3.8, 4) is 0 Å². The van der Waals surface area contributed by atoms with E-state index in [1.807, 2.05) is 31.2 Å². The van der Waals surface area contributed by atoms with Crippen molar-refractivity contribution in [2.45, 2.75) is 26.2 Å². The molecule has 0 aliphatic carbocycles. The molecule has 0 saturated carbocycles. The Morgan fingerprint density at radius 3 is 2.44 bits per heavy atom. The van der Waals surface area contributed by atoms with E-state index in [1.165, 1.54) is 5.56 Å². The topological polar surface area (TPSA) is 57.5 Å². The van der Waals surface area contributed by atoms with Gasteiger partial charge in [-0.25, -0.2) is 0 Å².